The van der Waals surface area contributed by atoms with E-state index in [0.717, 1.165) is 37.9 Å². The number of aromatic nitrogens is 3. The normalized spacial score (nSPS) is 13.0. The van der Waals surface area contributed by atoms with Crippen molar-refractivity contribution in [1.82, 2.24) is 19.4 Å². The predicted molar refractivity (Wildman–Crippen MR) is 117 cm³/mol. The van der Waals surface area contributed by atoms with Crippen LogP contribution < -0.4 is 16.5 Å². The minimum Gasteiger partial charge on any atom is -0.365 e. The number of anilines is 1. The average Bonchev–Trinajstić information content (AvgIpc) is 3.19. The van der Waals surface area contributed by atoms with Crippen LogP contribution in [0.25, 0.3) is 16.7 Å². The summed E-state index contributed by atoms with van der Waals surface area (Å²) in [7, 11) is 4.05. The lowest BCUT2D eigenvalue weighted by Crippen LogP contribution is -2.24. The van der Waals surface area contributed by atoms with E-state index in [-0.39, 0.29) is 10.9 Å². The molecule has 30 heavy (non-hydrogen) atoms. The summed E-state index contributed by atoms with van der Waals surface area (Å²) in [6.45, 7) is 1.66. The van der Waals surface area contributed by atoms with Crippen molar-refractivity contribution in [1.29, 1.82) is 0 Å². The lowest BCUT2D eigenvalue weighted by atomic mass is 10.1. The summed E-state index contributed by atoms with van der Waals surface area (Å²) in [4.78, 5) is 35.6. The van der Waals surface area contributed by atoms with E-state index >= 15 is 0 Å². The molecule has 8 heteroatoms. The number of hydrogen-bond donors (Lipinski definition) is 2. The van der Waals surface area contributed by atoms with Crippen LogP contribution in [0, 0.1) is 0 Å². The maximum atomic E-state index is 12.8. The van der Waals surface area contributed by atoms with Gasteiger partial charge in [0, 0.05) is 24.6 Å². The number of pyridine rings is 1. The smallest absolute Gasteiger partial charge is 0.254 e. The quantitative estimate of drug-likeness (QED) is 0.579. The molecule has 0 aliphatic heterocycles. The molecule has 8 nitrogen and oxygen atoms in total. The van der Waals surface area contributed by atoms with Gasteiger partial charge in [0.05, 0.1) is 5.39 Å². The fourth-order valence-corrected chi connectivity index (χ4v) is 3.87. The van der Waals surface area contributed by atoms with E-state index in [2.05, 4.69) is 32.3 Å². The Kier molecular flexibility index (Phi) is 5.50. The summed E-state index contributed by atoms with van der Waals surface area (Å²) >= 11 is 0. The van der Waals surface area contributed by atoms with E-state index in [0.29, 0.717) is 18.1 Å². The van der Waals surface area contributed by atoms with Crippen LogP contribution in [0.1, 0.15) is 34.3 Å². The Morgan fingerprint density at radius 3 is 2.83 bits per heavy atom. The van der Waals surface area contributed by atoms with Gasteiger partial charge in [0.1, 0.15) is 5.56 Å². The Morgan fingerprint density at radius 2 is 2.07 bits per heavy atom. The topological polar surface area (TPSA) is 106 Å². The second-order valence-corrected chi connectivity index (χ2v) is 7.93. The minimum absolute atomic E-state index is 0.0710. The third-order valence-electron chi connectivity index (χ3n) is 5.44. The molecule has 4 rings (SSSR count). The zero-order valence-corrected chi connectivity index (χ0v) is 17.3. The largest absolute Gasteiger partial charge is 0.365 e. The minimum atomic E-state index is -0.761. The molecular formula is C22H26N6O2. The summed E-state index contributed by atoms with van der Waals surface area (Å²) < 4.78 is 1.77. The van der Waals surface area contributed by atoms with Crippen molar-refractivity contribution in [2.24, 2.45) is 5.73 Å². The zero-order chi connectivity index (χ0) is 21.3. The lowest BCUT2D eigenvalue weighted by Gasteiger charge is -2.14. The van der Waals surface area contributed by atoms with E-state index in [4.69, 9.17) is 5.73 Å². The van der Waals surface area contributed by atoms with Gasteiger partial charge in [-0.1, -0.05) is 6.07 Å². The van der Waals surface area contributed by atoms with Gasteiger partial charge in [0.15, 0.2) is 5.65 Å². The monoisotopic (exact) mass is 406 g/mol. The van der Waals surface area contributed by atoms with Crippen molar-refractivity contribution >= 4 is 22.9 Å². The number of nitrogens with two attached hydrogens (primary N) is 1. The van der Waals surface area contributed by atoms with Crippen LogP contribution in [-0.2, 0) is 12.8 Å². The molecular weight excluding hydrogens is 380 g/mol. The highest BCUT2D eigenvalue weighted by Gasteiger charge is 2.18. The summed E-state index contributed by atoms with van der Waals surface area (Å²) in [5, 5.41) is 3.48. The van der Waals surface area contributed by atoms with E-state index in [1.807, 2.05) is 20.2 Å². The van der Waals surface area contributed by atoms with Gasteiger partial charge in [-0.25, -0.2) is 4.98 Å². The van der Waals surface area contributed by atoms with Gasteiger partial charge < -0.3 is 20.5 Å². The SMILES string of the molecule is CN(C)CCCNc1ncc2c(=O)c(C(N)=O)cn(-c3ccc4c(c3)CCC4)c2n1. The van der Waals surface area contributed by atoms with Crippen LogP contribution in [0.4, 0.5) is 5.95 Å². The molecule has 0 bridgehead atoms. The molecule has 2 aromatic heterocycles. The van der Waals surface area contributed by atoms with Gasteiger partial charge in [-0.2, -0.15) is 4.98 Å². The molecule has 1 amide bonds. The summed E-state index contributed by atoms with van der Waals surface area (Å²) in [5.74, 6) is -0.315. The average molecular weight is 406 g/mol. The molecule has 1 aromatic carbocycles. The van der Waals surface area contributed by atoms with Crippen molar-refractivity contribution in [3.8, 4) is 5.69 Å². The number of nitrogens with zero attached hydrogens (tertiary/aromatic N) is 4. The Balaban J connectivity index is 1.80. The highest BCUT2D eigenvalue weighted by atomic mass is 16.2. The number of aryl methyl sites for hydroxylation is 2. The van der Waals surface area contributed by atoms with E-state index in [1.54, 1.807) is 4.57 Å². The molecule has 1 aliphatic rings. The number of fused-ring (bicyclic) bond motifs is 2. The van der Waals surface area contributed by atoms with Crippen molar-refractivity contribution in [3.63, 3.8) is 0 Å². The van der Waals surface area contributed by atoms with Crippen molar-refractivity contribution in [3.05, 3.63) is 57.5 Å². The first-order valence-electron chi connectivity index (χ1n) is 10.2. The van der Waals surface area contributed by atoms with Crippen molar-refractivity contribution in [2.45, 2.75) is 25.7 Å². The molecule has 1 aliphatic carbocycles. The van der Waals surface area contributed by atoms with Gasteiger partial charge >= 0.3 is 0 Å². The van der Waals surface area contributed by atoms with Gasteiger partial charge in [0.25, 0.3) is 5.91 Å². The molecule has 0 unspecified atom stereocenters. The second kappa shape index (κ2) is 8.23. The first-order chi connectivity index (χ1) is 14.4. The molecule has 3 aromatic rings. The Bertz CT molecular complexity index is 1170. The Morgan fingerprint density at radius 1 is 1.27 bits per heavy atom. The van der Waals surface area contributed by atoms with Gasteiger partial charge in [-0.15, -0.1) is 0 Å². The third kappa shape index (κ3) is 3.91. The number of hydrogen-bond acceptors (Lipinski definition) is 6. The molecule has 0 spiro atoms. The molecule has 0 saturated carbocycles. The first kappa shape index (κ1) is 20.0. The van der Waals surface area contributed by atoms with E-state index < -0.39 is 11.3 Å². The Hall–Kier alpha value is -3.26. The van der Waals surface area contributed by atoms with Gasteiger partial charge in [-0.3, -0.25) is 9.59 Å². The van der Waals surface area contributed by atoms with Crippen LogP contribution in [0.3, 0.4) is 0 Å². The summed E-state index contributed by atoms with van der Waals surface area (Å²) in [6.07, 6.45) is 7.14. The fraction of sp³-hybridized carbons (Fsp3) is 0.364. The number of primary amides is 1. The number of amides is 1. The van der Waals surface area contributed by atoms with Crippen LogP contribution in [0.2, 0.25) is 0 Å². The molecule has 0 saturated heterocycles. The first-order valence-corrected chi connectivity index (χ1v) is 10.2. The highest BCUT2D eigenvalue weighted by molar-refractivity contribution is 5.96. The van der Waals surface area contributed by atoms with Crippen LogP contribution >= 0.6 is 0 Å². The van der Waals surface area contributed by atoms with Gasteiger partial charge in [-0.05, 0) is 69.6 Å². The molecule has 156 valence electrons. The molecule has 0 radical (unpaired) electrons. The van der Waals surface area contributed by atoms with Crippen molar-refractivity contribution in [2.75, 3.05) is 32.5 Å². The number of rotatable bonds is 7. The van der Waals surface area contributed by atoms with Crippen molar-refractivity contribution < 1.29 is 4.79 Å². The zero-order valence-electron chi connectivity index (χ0n) is 17.3. The fourth-order valence-electron chi connectivity index (χ4n) is 3.87. The van der Waals surface area contributed by atoms with Gasteiger partial charge in [0.2, 0.25) is 11.4 Å². The summed E-state index contributed by atoms with van der Waals surface area (Å²) in [6, 6.07) is 6.20. The van der Waals surface area contributed by atoms with E-state index in [1.165, 1.54) is 23.5 Å². The number of carbonyl (C=O) groups is 1. The molecule has 2 heterocycles. The number of benzene rings is 1. The highest BCUT2D eigenvalue weighted by Crippen LogP contribution is 2.26. The predicted octanol–water partition coefficient (Wildman–Crippen LogP) is 1.73. The summed E-state index contributed by atoms with van der Waals surface area (Å²) in [5.41, 5.74) is 8.88. The third-order valence-corrected chi connectivity index (χ3v) is 5.44. The maximum absolute atomic E-state index is 12.8. The van der Waals surface area contributed by atoms with E-state index in [9.17, 15) is 9.59 Å². The lowest BCUT2D eigenvalue weighted by molar-refractivity contribution is 0.0999. The van der Waals surface area contributed by atoms with Crippen LogP contribution in [0.5, 0.6) is 0 Å². The standard InChI is InChI=1S/C22H26N6O2/c1-27(2)10-4-9-24-22-25-12-17-19(29)18(20(23)30)13-28(21(17)26-22)16-8-7-14-5-3-6-15(14)11-16/h7-8,11-13H,3-6,9-10H2,1-2H3,(H2,23,30)(H,24,25,26). The second-order valence-electron chi connectivity index (χ2n) is 7.93. The molecule has 0 fully saturated rings. The van der Waals surface area contributed by atoms with Crippen LogP contribution in [-0.4, -0.2) is 52.5 Å². The maximum Gasteiger partial charge on any atom is 0.254 e. The molecule has 0 atom stereocenters. The molecule has 3 N–H and O–H groups in total. The van der Waals surface area contributed by atoms with Crippen LogP contribution in [0.15, 0.2) is 35.4 Å². The number of nitrogens with one attached hydrogen (secondary N) is 1. The Labute approximate surface area is 174 Å². The number of carbonyl (C=O) groups excluding carboxylic acids is 1.